The molecule has 0 N–H and O–H groups in total. The van der Waals surface area contributed by atoms with E-state index in [1.54, 1.807) is 6.07 Å². The summed E-state index contributed by atoms with van der Waals surface area (Å²) in [6.45, 7) is 1.94. The number of amides is 2. The Balaban J connectivity index is 1.80. The summed E-state index contributed by atoms with van der Waals surface area (Å²) in [5.74, 6) is 1.83. The maximum Gasteiger partial charge on any atom is 0.274 e. The molecule has 2 aliphatic rings. The molecule has 0 radical (unpaired) electrons. The summed E-state index contributed by atoms with van der Waals surface area (Å²) in [4.78, 5) is 36.2. The van der Waals surface area contributed by atoms with Crippen molar-refractivity contribution < 1.29 is 14.3 Å². The van der Waals surface area contributed by atoms with Crippen LogP contribution in [0.5, 0.6) is 5.88 Å². The number of imide groups is 1. The molecule has 0 aliphatic carbocycles. The lowest BCUT2D eigenvalue weighted by Gasteiger charge is -2.14. The first kappa shape index (κ1) is 15.5. The lowest BCUT2D eigenvalue weighted by Crippen LogP contribution is -2.31. The standard InChI is InChI=1S/C16H13N3O3S2/c1-8-7-11(22-2)18-14-9(8)3-4-10(17-14)19-15(20)12-13(16(19)21)24-6-5-23-12/h3-4,7H,5-6H2,1-2H3. The number of pyridine rings is 2. The van der Waals surface area contributed by atoms with Crippen molar-refractivity contribution in [1.29, 1.82) is 0 Å². The van der Waals surface area contributed by atoms with E-state index in [1.165, 1.54) is 30.6 Å². The van der Waals surface area contributed by atoms with Gasteiger partial charge in [0.15, 0.2) is 5.65 Å². The van der Waals surface area contributed by atoms with Gasteiger partial charge in [-0.1, -0.05) is 0 Å². The van der Waals surface area contributed by atoms with E-state index in [0.29, 0.717) is 27.2 Å². The zero-order valence-electron chi connectivity index (χ0n) is 13.0. The van der Waals surface area contributed by atoms with Crippen LogP contribution in [0.15, 0.2) is 28.0 Å². The summed E-state index contributed by atoms with van der Waals surface area (Å²) in [6, 6.07) is 5.34. The summed E-state index contributed by atoms with van der Waals surface area (Å²) >= 11 is 2.88. The molecule has 0 aromatic carbocycles. The third-order valence-electron chi connectivity index (χ3n) is 3.86. The van der Waals surface area contributed by atoms with Crippen molar-refractivity contribution in [2.75, 3.05) is 23.5 Å². The minimum Gasteiger partial charge on any atom is -0.481 e. The Labute approximate surface area is 146 Å². The van der Waals surface area contributed by atoms with Gasteiger partial charge < -0.3 is 4.74 Å². The smallest absolute Gasteiger partial charge is 0.274 e. The molecule has 0 unspecified atom stereocenters. The number of anilines is 1. The second-order valence-electron chi connectivity index (χ2n) is 5.32. The number of thioether (sulfide) groups is 2. The van der Waals surface area contributed by atoms with Crippen molar-refractivity contribution >= 4 is 52.2 Å². The van der Waals surface area contributed by atoms with Gasteiger partial charge in [0.05, 0.1) is 16.9 Å². The highest BCUT2D eigenvalue weighted by atomic mass is 32.2. The molecule has 0 fully saturated rings. The number of aromatic nitrogens is 2. The van der Waals surface area contributed by atoms with Crippen molar-refractivity contribution in [3.8, 4) is 5.88 Å². The molecule has 0 saturated heterocycles. The first-order valence-corrected chi connectivity index (χ1v) is 9.28. The zero-order chi connectivity index (χ0) is 16.8. The normalized spacial score (nSPS) is 17.7. The first-order valence-electron chi connectivity index (χ1n) is 7.31. The molecule has 0 atom stereocenters. The van der Waals surface area contributed by atoms with E-state index < -0.39 is 0 Å². The van der Waals surface area contributed by atoms with Crippen LogP contribution in [0.3, 0.4) is 0 Å². The predicted octanol–water partition coefficient (Wildman–Crippen LogP) is 2.51. The number of hydrogen-bond acceptors (Lipinski definition) is 7. The van der Waals surface area contributed by atoms with Gasteiger partial charge in [0, 0.05) is 23.0 Å². The van der Waals surface area contributed by atoms with Gasteiger partial charge in [-0.3, -0.25) is 9.59 Å². The number of rotatable bonds is 2. The molecule has 122 valence electrons. The number of aryl methyl sites for hydroxylation is 1. The van der Waals surface area contributed by atoms with Crippen LogP contribution in [0.2, 0.25) is 0 Å². The van der Waals surface area contributed by atoms with Crippen molar-refractivity contribution in [1.82, 2.24) is 9.97 Å². The Bertz CT molecular complexity index is 898. The second kappa shape index (κ2) is 5.78. The molecule has 2 aromatic rings. The molecule has 4 heterocycles. The number of ether oxygens (including phenoxy) is 1. The fraction of sp³-hybridized carbons (Fsp3) is 0.250. The lowest BCUT2D eigenvalue weighted by atomic mass is 10.2. The number of carbonyl (C=O) groups is 2. The number of methoxy groups -OCH3 is 1. The first-order chi connectivity index (χ1) is 11.6. The Morgan fingerprint density at radius 2 is 1.75 bits per heavy atom. The minimum atomic E-state index is -0.293. The molecule has 8 heteroatoms. The van der Waals surface area contributed by atoms with Crippen LogP contribution in [0.4, 0.5) is 5.82 Å². The highest BCUT2D eigenvalue weighted by Crippen LogP contribution is 2.42. The molecule has 2 amide bonds. The number of carbonyl (C=O) groups excluding carboxylic acids is 2. The maximum absolute atomic E-state index is 12.6. The fourth-order valence-electron chi connectivity index (χ4n) is 2.70. The Hall–Kier alpha value is -2.06. The van der Waals surface area contributed by atoms with E-state index in [0.717, 1.165) is 27.4 Å². The minimum absolute atomic E-state index is 0.293. The van der Waals surface area contributed by atoms with E-state index in [4.69, 9.17) is 4.74 Å². The Morgan fingerprint density at radius 1 is 1.08 bits per heavy atom. The summed E-state index contributed by atoms with van der Waals surface area (Å²) in [5, 5.41) is 0.861. The van der Waals surface area contributed by atoms with Gasteiger partial charge in [0.1, 0.15) is 5.82 Å². The topological polar surface area (TPSA) is 72.4 Å². The van der Waals surface area contributed by atoms with E-state index in [-0.39, 0.29) is 11.8 Å². The van der Waals surface area contributed by atoms with Crippen LogP contribution in [0.1, 0.15) is 5.56 Å². The van der Waals surface area contributed by atoms with Crippen LogP contribution in [0.25, 0.3) is 11.0 Å². The van der Waals surface area contributed by atoms with Gasteiger partial charge in [-0.05, 0) is 24.6 Å². The maximum atomic E-state index is 12.6. The van der Waals surface area contributed by atoms with Crippen LogP contribution in [0, 0.1) is 6.92 Å². The molecular weight excluding hydrogens is 346 g/mol. The van der Waals surface area contributed by atoms with E-state index >= 15 is 0 Å². The van der Waals surface area contributed by atoms with Gasteiger partial charge in [-0.15, -0.1) is 23.5 Å². The van der Waals surface area contributed by atoms with Gasteiger partial charge in [-0.2, -0.15) is 4.98 Å². The molecule has 6 nitrogen and oxygen atoms in total. The highest BCUT2D eigenvalue weighted by molar-refractivity contribution is 8.11. The average Bonchev–Trinajstić information content (AvgIpc) is 2.85. The Kier molecular flexibility index (Phi) is 3.73. The molecule has 24 heavy (non-hydrogen) atoms. The largest absolute Gasteiger partial charge is 0.481 e. The van der Waals surface area contributed by atoms with Crippen LogP contribution in [-0.4, -0.2) is 40.4 Å². The summed E-state index contributed by atoms with van der Waals surface area (Å²) in [7, 11) is 1.54. The third-order valence-corrected chi connectivity index (χ3v) is 6.40. The van der Waals surface area contributed by atoms with Gasteiger partial charge in [0.25, 0.3) is 11.8 Å². The fourth-order valence-corrected chi connectivity index (χ4v) is 4.99. The van der Waals surface area contributed by atoms with E-state index in [1.807, 2.05) is 19.1 Å². The molecule has 0 bridgehead atoms. The summed E-state index contributed by atoms with van der Waals surface area (Å²) in [6.07, 6.45) is 0. The third kappa shape index (κ3) is 2.29. The van der Waals surface area contributed by atoms with Gasteiger partial charge >= 0.3 is 0 Å². The van der Waals surface area contributed by atoms with Gasteiger partial charge in [0.2, 0.25) is 5.88 Å². The molecule has 0 spiro atoms. The van der Waals surface area contributed by atoms with E-state index in [2.05, 4.69) is 9.97 Å². The lowest BCUT2D eigenvalue weighted by molar-refractivity contribution is -0.120. The van der Waals surface area contributed by atoms with Crippen LogP contribution >= 0.6 is 23.5 Å². The predicted molar refractivity (Wildman–Crippen MR) is 95.3 cm³/mol. The zero-order valence-corrected chi connectivity index (χ0v) is 14.7. The number of hydrogen-bond donors (Lipinski definition) is 0. The van der Waals surface area contributed by atoms with Crippen molar-refractivity contribution in [3.05, 3.63) is 33.6 Å². The number of nitrogens with zero attached hydrogens (tertiary/aromatic N) is 3. The highest BCUT2D eigenvalue weighted by Gasteiger charge is 2.42. The average molecular weight is 359 g/mol. The van der Waals surface area contributed by atoms with E-state index in [9.17, 15) is 9.59 Å². The van der Waals surface area contributed by atoms with Crippen molar-refractivity contribution in [3.63, 3.8) is 0 Å². The van der Waals surface area contributed by atoms with Gasteiger partial charge in [-0.25, -0.2) is 9.88 Å². The molecular formula is C16H13N3O3S2. The van der Waals surface area contributed by atoms with Crippen molar-refractivity contribution in [2.24, 2.45) is 0 Å². The van der Waals surface area contributed by atoms with Crippen molar-refractivity contribution in [2.45, 2.75) is 6.92 Å². The Morgan fingerprint density at radius 3 is 2.38 bits per heavy atom. The van der Waals surface area contributed by atoms with Crippen LogP contribution in [-0.2, 0) is 9.59 Å². The molecule has 2 aromatic heterocycles. The second-order valence-corrected chi connectivity index (χ2v) is 7.53. The molecule has 4 rings (SSSR count). The number of fused-ring (bicyclic) bond motifs is 1. The molecule has 2 aliphatic heterocycles. The quantitative estimate of drug-likeness (QED) is 0.763. The monoisotopic (exact) mass is 359 g/mol. The molecule has 0 saturated carbocycles. The SMILES string of the molecule is COc1cc(C)c2ccc(N3C(=O)C4=C(SCCS4)C3=O)nc2n1. The summed E-state index contributed by atoms with van der Waals surface area (Å²) in [5.41, 5.74) is 1.42. The van der Waals surface area contributed by atoms with Crippen LogP contribution < -0.4 is 9.64 Å². The summed E-state index contributed by atoms with van der Waals surface area (Å²) < 4.78 is 5.17.